The Morgan fingerprint density at radius 3 is 2.60 bits per heavy atom. The van der Waals surface area contributed by atoms with Crippen molar-refractivity contribution in [3.8, 4) is 0 Å². The first-order valence-electron chi connectivity index (χ1n) is 3.20. The van der Waals surface area contributed by atoms with Gasteiger partial charge in [0.05, 0.1) is 0 Å². The van der Waals surface area contributed by atoms with Crippen molar-refractivity contribution in [3.63, 3.8) is 0 Å². The summed E-state index contributed by atoms with van der Waals surface area (Å²) in [5.41, 5.74) is 0. The largest absolute Gasteiger partial charge is 0.455 e. The lowest BCUT2D eigenvalue weighted by atomic mass is 10.3. The molecule has 0 bridgehead atoms. The molecule has 0 rings (SSSR count). The summed E-state index contributed by atoms with van der Waals surface area (Å²) in [7, 11) is 0. The van der Waals surface area contributed by atoms with Gasteiger partial charge in [-0.25, -0.2) is 4.79 Å². The Morgan fingerprint density at radius 2 is 2.30 bits per heavy atom. The SMILES string of the molecule is C=CC(=O)O[C@H](C=C)CC. The quantitative estimate of drug-likeness (QED) is 0.337. The van der Waals surface area contributed by atoms with Crippen LogP contribution in [0.15, 0.2) is 25.3 Å². The zero-order chi connectivity index (χ0) is 7.98. The van der Waals surface area contributed by atoms with E-state index in [1.165, 1.54) is 0 Å². The molecule has 0 aliphatic rings. The van der Waals surface area contributed by atoms with Gasteiger partial charge in [-0.15, -0.1) is 0 Å². The second-order valence-electron chi connectivity index (χ2n) is 1.82. The van der Waals surface area contributed by atoms with Gasteiger partial charge in [-0.3, -0.25) is 0 Å². The van der Waals surface area contributed by atoms with Gasteiger partial charge >= 0.3 is 5.97 Å². The standard InChI is InChI=1S/C8H12O2/c1-4-7(5-2)10-8(9)6-3/h4,6-7H,1,3,5H2,2H3/t7-/m1/s1. The Morgan fingerprint density at radius 1 is 1.70 bits per heavy atom. The van der Waals surface area contributed by atoms with Crippen molar-refractivity contribution in [1.82, 2.24) is 0 Å². The van der Waals surface area contributed by atoms with Crippen molar-refractivity contribution < 1.29 is 9.53 Å². The summed E-state index contributed by atoms with van der Waals surface area (Å²) >= 11 is 0. The van der Waals surface area contributed by atoms with Crippen LogP contribution in [0.4, 0.5) is 0 Å². The highest BCUT2D eigenvalue weighted by molar-refractivity contribution is 5.81. The van der Waals surface area contributed by atoms with E-state index >= 15 is 0 Å². The highest BCUT2D eigenvalue weighted by atomic mass is 16.5. The molecule has 0 saturated heterocycles. The van der Waals surface area contributed by atoms with Gasteiger partial charge in [-0.2, -0.15) is 0 Å². The van der Waals surface area contributed by atoms with E-state index in [2.05, 4.69) is 13.2 Å². The Labute approximate surface area is 61.2 Å². The van der Waals surface area contributed by atoms with Gasteiger partial charge in [0.2, 0.25) is 0 Å². The van der Waals surface area contributed by atoms with Crippen molar-refractivity contribution in [2.45, 2.75) is 19.4 Å². The number of esters is 1. The van der Waals surface area contributed by atoms with Gasteiger partial charge in [-0.1, -0.05) is 26.2 Å². The third-order valence-corrected chi connectivity index (χ3v) is 1.10. The highest BCUT2D eigenvalue weighted by Crippen LogP contribution is 1.98. The first kappa shape index (κ1) is 8.95. The second kappa shape index (κ2) is 4.79. The minimum atomic E-state index is -0.397. The molecule has 0 aromatic heterocycles. The molecule has 0 aromatic carbocycles. The molecule has 0 radical (unpaired) electrons. The molecule has 0 amide bonds. The lowest BCUT2D eigenvalue weighted by molar-refractivity contribution is -0.140. The van der Waals surface area contributed by atoms with E-state index in [0.717, 1.165) is 12.5 Å². The second-order valence-corrected chi connectivity index (χ2v) is 1.82. The Kier molecular flexibility index (Phi) is 4.29. The topological polar surface area (TPSA) is 26.3 Å². The van der Waals surface area contributed by atoms with Crippen LogP contribution in [0.2, 0.25) is 0 Å². The summed E-state index contributed by atoms with van der Waals surface area (Å²) < 4.78 is 4.82. The first-order chi connectivity index (χ1) is 4.74. The molecule has 0 saturated carbocycles. The van der Waals surface area contributed by atoms with Gasteiger partial charge in [0.25, 0.3) is 0 Å². The fourth-order valence-electron chi connectivity index (χ4n) is 0.495. The summed E-state index contributed by atoms with van der Waals surface area (Å²) in [4.78, 5) is 10.6. The fourth-order valence-corrected chi connectivity index (χ4v) is 0.495. The van der Waals surface area contributed by atoms with E-state index in [9.17, 15) is 4.79 Å². The Bertz CT molecular complexity index is 138. The number of rotatable bonds is 4. The first-order valence-corrected chi connectivity index (χ1v) is 3.20. The van der Waals surface area contributed by atoms with Gasteiger partial charge in [0.15, 0.2) is 0 Å². The molecule has 2 nitrogen and oxygen atoms in total. The van der Waals surface area contributed by atoms with Crippen LogP contribution in [0, 0.1) is 0 Å². The maximum absolute atomic E-state index is 10.6. The molecule has 1 atom stereocenters. The molecule has 10 heavy (non-hydrogen) atoms. The molecule has 56 valence electrons. The third-order valence-electron chi connectivity index (χ3n) is 1.10. The number of carbonyl (C=O) groups is 1. The average molecular weight is 140 g/mol. The minimum absolute atomic E-state index is 0.175. The maximum atomic E-state index is 10.6. The summed E-state index contributed by atoms with van der Waals surface area (Å²) in [6, 6.07) is 0. The van der Waals surface area contributed by atoms with Crippen molar-refractivity contribution in [3.05, 3.63) is 25.3 Å². The number of carbonyl (C=O) groups excluding carboxylic acids is 1. The van der Waals surface area contributed by atoms with Gasteiger partial charge in [-0.05, 0) is 6.42 Å². The van der Waals surface area contributed by atoms with Gasteiger partial charge in [0, 0.05) is 6.08 Å². The molecule has 0 aromatic rings. The molecule has 2 heteroatoms. The predicted octanol–water partition coefficient (Wildman–Crippen LogP) is 1.68. The highest BCUT2D eigenvalue weighted by Gasteiger charge is 2.03. The summed E-state index contributed by atoms with van der Waals surface area (Å²) in [5.74, 6) is -0.397. The molecule has 0 unspecified atom stereocenters. The van der Waals surface area contributed by atoms with Crippen LogP contribution in [0.1, 0.15) is 13.3 Å². The third kappa shape index (κ3) is 3.07. The minimum Gasteiger partial charge on any atom is -0.455 e. The molecule has 0 fully saturated rings. The van der Waals surface area contributed by atoms with E-state index in [-0.39, 0.29) is 6.10 Å². The van der Waals surface area contributed by atoms with E-state index in [1.807, 2.05) is 6.92 Å². The zero-order valence-electron chi connectivity index (χ0n) is 6.17. The molecule has 0 N–H and O–H groups in total. The lowest BCUT2D eigenvalue weighted by Crippen LogP contribution is -2.12. The van der Waals surface area contributed by atoms with Crippen LogP contribution in [0.5, 0.6) is 0 Å². The molecule has 0 spiro atoms. The van der Waals surface area contributed by atoms with Crippen LogP contribution in [-0.4, -0.2) is 12.1 Å². The number of hydrogen-bond acceptors (Lipinski definition) is 2. The van der Waals surface area contributed by atoms with E-state index in [0.29, 0.717) is 0 Å². The Balaban J connectivity index is 3.73. The van der Waals surface area contributed by atoms with Crippen molar-refractivity contribution in [2.24, 2.45) is 0 Å². The lowest BCUT2D eigenvalue weighted by Gasteiger charge is -2.08. The van der Waals surface area contributed by atoms with Crippen LogP contribution < -0.4 is 0 Å². The maximum Gasteiger partial charge on any atom is 0.330 e. The predicted molar refractivity (Wildman–Crippen MR) is 40.6 cm³/mol. The molecule has 0 heterocycles. The smallest absolute Gasteiger partial charge is 0.330 e. The van der Waals surface area contributed by atoms with Gasteiger partial charge < -0.3 is 4.74 Å². The molecule has 0 aliphatic heterocycles. The Hall–Kier alpha value is -1.05. The van der Waals surface area contributed by atoms with E-state index < -0.39 is 5.97 Å². The van der Waals surface area contributed by atoms with E-state index in [4.69, 9.17) is 4.74 Å². The summed E-state index contributed by atoms with van der Waals surface area (Å²) in [6.45, 7) is 8.70. The van der Waals surface area contributed by atoms with Crippen molar-refractivity contribution in [2.75, 3.05) is 0 Å². The number of ether oxygens (including phenoxy) is 1. The monoisotopic (exact) mass is 140 g/mol. The number of hydrogen-bond donors (Lipinski definition) is 0. The van der Waals surface area contributed by atoms with Crippen LogP contribution in [0.3, 0.4) is 0 Å². The fraction of sp³-hybridized carbons (Fsp3) is 0.375. The van der Waals surface area contributed by atoms with Crippen LogP contribution >= 0.6 is 0 Å². The molecule has 0 aliphatic carbocycles. The normalized spacial score (nSPS) is 11.7. The van der Waals surface area contributed by atoms with Crippen LogP contribution in [-0.2, 0) is 9.53 Å². The molecular formula is C8H12O2. The van der Waals surface area contributed by atoms with Crippen molar-refractivity contribution in [1.29, 1.82) is 0 Å². The zero-order valence-corrected chi connectivity index (χ0v) is 6.17. The summed E-state index contributed by atoms with van der Waals surface area (Å²) in [5, 5.41) is 0. The van der Waals surface area contributed by atoms with Crippen molar-refractivity contribution >= 4 is 5.97 Å². The van der Waals surface area contributed by atoms with E-state index in [1.54, 1.807) is 6.08 Å². The summed E-state index contributed by atoms with van der Waals surface area (Å²) in [6.07, 6.45) is 3.32. The van der Waals surface area contributed by atoms with Gasteiger partial charge in [0.1, 0.15) is 6.10 Å². The molecular weight excluding hydrogens is 128 g/mol. The average Bonchev–Trinajstić information content (AvgIpc) is 1.99. The van der Waals surface area contributed by atoms with Crippen LogP contribution in [0.25, 0.3) is 0 Å².